The number of hydrogen-bond acceptors (Lipinski definition) is 6. The molecule has 1 fully saturated rings. The van der Waals surface area contributed by atoms with Crippen LogP contribution in [-0.4, -0.2) is 41.3 Å². The van der Waals surface area contributed by atoms with Gasteiger partial charge in [-0.25, -0.2) is 15.0 Å². The number of nitrogens with two attached hydrogens (primary N) is 1. The van der Waals surface area contributed by atoms with Crippen molar-refractivity contribution in [3.63, 3.8) is 0 Å². The predicted octanol–water partition coefficient (Wildman–Crippen LogP) is 0.957. The highest BCUT2D eigenvalue weighted by molar-refractivity contribution is 5.62. The Bertz CT molecular complexity index is 534. The Hall–Kier alpha value is -2.21. The summed E-state index contributed by atoms with van der Waals surface area (Å²) in [7, 11) is 0. The molecule has 0 aliphatic carbocycles. The molecule has 0 amide bonds. The molecule has 98 valence electrons. The van der Waals surface area contributed by atoms with Crippen molar-refractivity contribution in [2.24, 2.45) is 0 Å². The van der Waals surface area contributed by atoms with E-state index in [2.05, 4.69) is 19.9 Å². The van der Waals surface area contributed by atoms with E-state index in [1.165, 1.54) is 0 Å². The lowest BCUT2D eigenvalue weighted by molar-refractivity contribution is 0.122. The van der Waals surface area contributed by atoms with Gasteiger partial charge in [0.25, 0.3) is 0 Å². The van der Waals surface area contributed by atoms with Crippen LogP contribution in [0.1, 0.15) is 0 Å². The molecule has 0 atom stereocenters. The Labute approximate surface area is 111 Å². The lowest BCUT2D eigenvalue weighted by Gasteiger charge is -2.26. The number of anilines is 2. The summed E-state index contributed by atoms with van der Waals surface area (Å²) in [5.74, 6) is 1.25. The van der Waals surface area contributed by atoms with Crippen molar-refractivity contribution in [2.75, 3.05) is 36.9 Å². The van der Waals surface area contributed by atoms with Crippen LogP contribution in [0.3, 0.4) is 0 Å². The molecule has 0 saturated carbocycles. The zero-order valence-electron chi connectivity index (χ0n) is 10.5. The van der Waals surface area contributed by atoms with Crippen molar-refractivity contribution in [3.05, 3.63) is 30.7 Å². The maximum absolute atomic E-state index is 5.57. The summed E-state index contributed by atoms with van der Waals surface area (Å²) in [4.78, 5) is 15.0. The molecule has 1 aliphatic heterocycles. The van der Waals surface area contributed by atoms with E-state index in [0.717, 1.165) is 43.4 Å². The highest BCUT2D eigenvalue weighted by Crippen LogP contribution is 2.19. The van der Waals surface area contributed by atoms with Crippen molar-refractivity contribution >= 4 is 11.8 Å². The number of nitrogen functional groups attached to an aromatic ring is 1. The smallest absolute Gasteiger partial charge is 0.225 e. The number of rotatable bonds is 2. The SMILES string of the molecule is Nc1ccc(-c2cnc(N3CCOCC3)nc2)cn1. The van der Waals surface area contributed by atoms with Crippen LogP contribution in [0, 0.1) is 0 Å². The normalized spacial score (nSPS) is 15.5. The molecule has 0 unspecified atom stereocenters. The van der Waals surface area contributed by atoms with E-state index < -0.39 is 0 Å². The molecule has 1 aliphatic rings. The molecule has 1 saturated heterocycles. The van der Waals surface area contributed by atoms with Crippen molar-refractivity contribution in [3.8, 4) is 11.1 Å². The van der Waals surface area contributed by atoms with Gasteiger partial charge in [-0.3, -0.25) is 0 Å². The number of hydrogen-bond donors (Lipinski definition) is 1. The highest BCUT2D eigenvalue weighted by atomic mass is 16.5. The van der Waals surface area contributed by atoms with Gasteiger partial charge in [-0.2, -0.15) is 0 Å². The van der Waals surface area contributed by atoms with Crippen LogP contribution in [0.2, 0.25) is 0 Å². The zero-order valence-corrected chi connectivity index (χ0v) is 10.5. The minimum Gasteiger partial charge on any atom is -0.384 e. The summed E-state index contributed by atoms with van der Waals surface area (Å²) in [6.45, 7) is 3.13. The monoisotopic (exact) mass is 257 g/mol. The van der Waals surface area contributed by atoms with Gasteiger partial charge in [0.2, 0.25) is 5.95 Å². The van der Waals surface area contributed by atoms with Crippen LogP contribution in [0.15, 0.2) is 30.7 Å². The van der Waals surface area contributed by atoms with Gasteiger partial charge in [-0.05, 0) is 12.1 Å². The molecular formula is C13H15N5O. The van der Waals surface area contributed by atoms with E-state index >= 15 is 0 Å². The molecule has 2 N–H and O–H groups in total. The number of aromatic nitrogens is 3. The number of nitrogens with zero attached hydrogens (tertiary/aromatic N) is 4. The quantitative estimate of drug-likeness (QED) is 0.863. The summed E-state index contributed by atoms with van der Waals surface area (Å²) in [6.07, 6.45) is 5.35. The largest absolute Gasteiger partial charge is 0.384 e. The predicted molar refractivity (Wildman–Crippen MR) is 72.7 cm³/mol. The maximum atomic E-state index is 5.57. The lowest BCUT2D eigenvalue weighted by atomic mass is 10.1. The van der Waals surface area contributed by atoms with E-state index in [4.69, 9.17) is 10.5 Å². The van der Waals surface area contributed by atoms with E-state index in [1.807, 2.05) is 18.5 Å². The Morgan fingerprint density at radius 3 is 2.26 bits per heavy atom. The fraction of sp³-hybridized carbons (Fsp3) is 0.308. The minimum absolute atomic E-state index is 0.509. The fourth-order valence-electron chi connectivity index (χ4n) is 1.97. The Kier molecular flexibility index (Phi) is 3.24. The second-order valence-corrected chi connectivity index (χ2v) is 4.34. The zero-order chi connectivity index (χ0) is 13.1. The third-order valence-electron chi connectivity index (χ3n) is 3.05. The number of ether oxygens (including phenoxy) is 1. The first kappa shape index (κ1) is 11.9. The second-order valence-electron chi connectivity index (χ2n) is 4.34. The molecule has 19 heavy (non-hydrogen) atoms. The molecule has 3 rings (SSSR count). The van der Waals surface area contributed by atoms with Gasteiger partial charge < -0.3 is 15.4 Å². The first-order valence-electron chi connectivity index (χ1n) is 6.19. The molecule has 0 bridgehead atoms. The van der Waals surface area contributed by atoms with Crippen molar-refractivity contribution < 1.29 is 4.74 Å². The average Bonchev–Trinajstić information content (AvgIpc) is 2.49. The van der Waals surface area contributed by atoms with Crippen LogP contribution in [0.5, 0.6) is 0 Å². The van der Waals surface area contributed by atoms with E-state index in [-0.39, 0.29) is 0 Å². The molecular weight excluding hydrogens is 242 g/mol. The van der Waals surface area contributed by atoms with Crippen LogP contribution in [0.4, 0.5) is 11.8 Å². The van der Waals surface area contributed by atoms with Gasteiger partial charge in [0, 0.05) is 42.8 Å². The lowest BCUT2D eigenvalue weighted by Crippen LogP contribution is -2.37. The highest BCUT2D eigenvalue weighted by Gasteiger charge is 2.13. The third kappa shape index (κ3) is 2.63. The summed E-state index contributed by atoms with van der Waals surface area (Å²) in [6, 6.07) is 3.68. The van der Waals surface area contributed by atoms with Crippen molar-refractivity contribution in [2.45, 2.75) is 0 Å². The van der Waals surface area contributed by atoms with E-state index in [1.54, 1.807) is 12.3 Å². The Morgan fingerprint density at radius 2 is 1.63 bits per heavy atom. The Balaban J connectivity index is 1.80. The first-order chi connectivity index (χ1) is 9.33. The molecule has 6 heteroatoms. The minimum atomic E-state index is 0.509. The Morgan fingerprint density at radius 1 is 0.947 bits per heavy atom. The third-order valence-corrected chi connectivity index (χ3v) is 3.05. The van der Waals surface area contributed by atoms with E-state index in [9.17, 15) is 0 Å². The maximum Gasteiger partial charge on any atom is 0.225 e. The molecule has 6 nitrogen and oxygen atoms in total. The summed E-state index contributed by atoms with van der Waals surface area (Å²) < 4.78 is 5.31. The molecule has 0 spiro atoms. The number of pyridine rings is 1. The van der Waals surface area contributed by atoms with Crippen LogP contribution in [0.25, 0.3) is 11.1 Å². The van der Waals surface area contributed by atoms with Gasteiger partial charge in [0.1, 0.15) is 5.82 Å². The van der Waals surface area contributed by atoms with Crippen molar-refractivity contribution in [1.82, 2.24) is 15.0 Å². The summed E-state index contributed by atoms with van der Waals surface area (Å²) in [5.41, 5.74) is 7.46. The molecule has 0 aromatic carbocycles. The van der Waals surface area contributed by atoms with E-state index in [0.29, 0.717) is 5.82 Å². The topological polar surface area (TPSA) is 77.2 Å². The van der Waals surface area contributed by atoms with Gasteiger partial charge in [-0.1, -0.05) is 0 Å². The summed E-state index contributed by atoms with van der Waals surface area (Å²) in [5, 5.41) is 0. The van der Waals surface area contributed by atoms with Gasteiger partial charge in [-0.15, -0.1) is 0 Å². The van der Waals surface area contributed by atoms with Gasteiger partial charge in [0.15, 0.2) is 0 Å². The first-order valence-corrected chi connectivity index (χ1v) is 6.19. The average molecular weight is 257 g/mol. The van der Waals surface area contributed by atoms with Crippen LogP contribution < -0.4 is 10.6 Å². The van der Waals surface area contributed by atoms with Crippen molar-refractivity contribution in [1.29, 1.82) is 0 Å². The fourth-order valence-corrected chi connectivity index (χ4v) is 1.97. The van der Waals surface area contributed by atoms with Gasteiger partial charge >= 0.3 is 0 Å². The molecule has 3 heterocycles. The molecule has 2 aromatic rings. The summed E-state index contributed by atoms with van der Waals surface area (Å²) >= 11 is 0. The van der Waals surface area contributed by atoms with Crippen LogP contribution in [-0.2, 0) is 4.74 Å². The van der Waals surface area contributed by atoms with Gasteiger partial charge in [0.05, 0.1) is 13.2 Å². The number of morpholine rings is 1. The van der Waals surface area contributed by atoms with Crippen LogP contribution >= 0.6 is 0 Å². The standard InChI is InChI=1S/C13H15N5O/c14-12-2-1-10(7-15-12)11-8-16-13(17-9-11)18-3-5-19-6-4-18/h1-2,7-9H,3-6H2,(H2,14,15). The molecule has 0 radical (unpaired) electrons. The second kappa shape index (κ2) is 5.19. The molecule has 2 aromatic heterocycles.